The zero-order valence-electron chi connectivity index (χ0n) is 21.3. The molecule has 1 fully saturated rings. The van der Waals surface area contributed by atoms with Crippen LogP contribution in [0, 0.1) is 5.92 Å². The van der Waals surface area contributed by atoms with Crippen molar-refractivity contribution in [2.75, 3.05) is 19.6 Å². The standard InChI is InChI=1S/C29H31NO3.C2H6/c1-3-14-30-17-21(18-30)15-20-4-6-23(7-5-20)29-28(22-8-10-24(31)11-9-22)19(2)26-13-12-25(32)16-27(26)33-29;1-2/h4-13,16,21,29,31-32H,3,14-15,17-18H2,1-2H3;1-2H3. The number of phenols is 2. The summed E-state index contributed by atoms with van der Waals surface area (Å²) in [5.74, 6) is 1.88. The quantitative estimate of drug-likeness (QED) is 0.404. The van der Waals surface area contributed by atoms with E-state index >= 15 is 0 Å². The molecule has 4 nitrogen and oxygen atoms in total. The van der Waals surface area contributed by atoms with Crippen molar-refractivity contribution >= 4 is 11.1 Å². The van der Waals surface area contributed by atoms with Crippen LogP contribution in [0.5, 0.6) is 17.2 Å². The third kappa shape index (κ3) is 5.38. The van der Waals surface area contributed by atoms with Crippen molar-refractivity contribution in [1.29, 1.82) is 0 Å². The minimum Gasteiger partial charge on any atom is -0.508 e. The Morgan fingerprint density at radius 1 is 0.886 bits per heavy atom. The van der Waals surface area contributed by atoms with Crippen LogP contribution in [0.1, 0.15) is 62.5 Å². The normalized spacial score (nSPS) is 17.7. The first-order valence-corrected chi connectivity index (χ1v) is 12.8. The Kier molecular flexibility index (Phi) is 7.82. The number of aromatic hydroxyl groups is 2. The SMILES string of the molecule is CC.CCCN1CC(Cc2ccc(C3Oc4cc(O)ccc4C(C)=C3c3ccc(O)cc3)cc2)C1. The molecule has 0 aliphatic carbocycles. The van der Waals surface area contributed by atoms with Crippen LogP contribution in [0.15, 0.2) is 66.7 Å². The van der Waals surface area contributed by atoms with Gasteiger partial charge in [-0.2, -0.15) is 0 Å². The van der Waals surface area contributed by atoms with Gasteiger partial charge in [-0.25, -0.2) is 0 Å². The number of likely N-dealkylation sites (tertiary alicyclic amines) is 1. The average Bonchev–Trinajstić information content (AvgIpc) is 2.85. The van der Waals surface area contributed by atoms with Gasteiger partial charge in [0.1, 0.15) is 23.4 Å². The highest BCUT2D eigenvalue weighted by Crippen LogP contribution is 2.47. The number of hydrogen-bond donors (Lipinski definition) is 2. The van der Waals surface area contributed by atoms with Crippen LogP contribution in [0.3, 0.4) is 0 Å². The van der Waals surface area contributed by atoms with E-state index in [1.54, 1.807) is 24.3 Å². The molecule has 2 N–H and O–H groups in total. The Balaban J connectivity index is 0.00000141. The Morgan fingerprint density at radius 3 is 2.20 bits per heavy atom. The Labute approximate surface area is 209 Å². The summed E-state index contributed by atoms with van der Waals surface area (Å²) in [6.45, 7) is 11.9. The number of benzene rings is 3. The van der Waals surface area contributed by atoms with Crippen LogP contribution in [-0.4, -0.2) is 34.7 Å². The maximum atomic E-state index is 10.0. The second-order valence-corrected chi connectivity index (χ2v) is 9.34. The highest BCUT2D eigenvalue weighted by Gasteiger charge is 2.30. The lowest BCUT2D eigenvalue weighted by atomic mass is 9.85. The molecule has 3 aromatic carbocycles. The molecule has 2 aliphatic heterocycles. The van der Waals surface area contributed by atoms with Gasteiger partial charge in [-0.15, -0.1) is 0 Å². The van der Waals surface area contributed by atoms with Crippen molar-refractivity contribution in [1.82, 2.24) is 4.90 Å². The van der Waals surface area contributed by atoms with Gasteiger partial charge >= 0.3 is 0 Å². The second-order valence-electron chi connectivity index (χ2n) is 9.34. The van der Waals surface area contributed by atoms with E-state index in [2.05, 4.69) is 43.0 Å². The predicted molar refractivity (Wildman–Crippen MR) is 144 cm³/mol. The van der Waals surface area contributed by atoms with Crippen LogP contribution in [0.4, 0.5) is 0 Å². The zero-order valence-corrected chi connectivity index (χ0v) is 21.3. The van der Waals surface area contributed by atoms with E-state index in [0.717, 1.165) is 40.2 Å². The molecule has 0 saturated carbocycles. The monoisotopic (exact) mass is 471 g/mol. The molecule has 0 spiro atoms. The Morgan fingerprint density at radius 2 is 1.54 bits per heavy atom. The van der Waals surface area contributed by atoms with Crippen molar-refractivity contribution in [3.8, 4) is 17.2 Å². The molecule has 5 rings (SSSR count). The van der Waals surface area contributed by atoms with Crippen LogP contribution in [0.25, 0.3) is 11.1 Å². The number of phenolic OH excluding ortho intramolecular Hbond substituents is 2. The smallest absolute Gasteiger partial charge is 0.150 e. The van der Waals surface area contributed by atoms with Crippen LogP contribution >= 0.6 is 0 Å². The number of rotatable bonds is 6. The van der Waals surface area contributed by atoms with E-state index in [9.17, 15) is 10.2 Å². The summed E-state index contributed by atoms with van der Waals surface area (Å²) in [7, 11) is 0. The fourth-order valence-electron chi connectivity index (χ4n) is 5.16. The van der Waals surface area contributed by atoms with Crippen LogP contribution < -0.4 is 4.74 Å². The first-order chi connectivity index (χ1) is 17.0. The van der Waals surface area contributed by atoms with E-state index in [-0.39, 0.29) is 17.6 Å². The molecule has 3 aromatic rings. The Bertz CT molecular complexity index is 1160. The van der Waals surface area contributed by atoms with Gasteiger partial charge in [0.25, 0.3) is 0 Å². The maximum Gasteiger partial charge on any atom is 0.150 e. The first-order valence-electron chi connectivity index (χ1n) is 12.8. The number of ether oxygens (including phenoxy) is 1. The molecule has 0 aromatic heterocycles. The fraction of sp³-hybridized carbons (Fsp3) is 0.355. The zero-order chi connectivity index (χ0) is 24.9. The largest absolute Gasteiger partial charge is 0.508 e. The summed E-state index contributed by atoms with van der Waals surface area (Å²) in [6.07, 6.45) is 2.05. The van der Waals surface area contributed by atoms with E-state index in [1.807, 2.05) is 32.0 Å². The molecule has 2 heterocycles. The highest BCUT2D eigenvalue weighted by atomic mass is 16.5. The Hall–Kier alpha value is -3.24. The molecule has 0 radical (unpaired) electrons. The summed E-state index contributed by atoms with van der Waals surface area (Å²) in [5, 5.41) is 19.8. The second kappa shape index (κ2) is 11.0. The molecule has 184 valence electrons. The van der Waals surface area contributed by atoms with Gasteiger partial charge in [0.05, 0.1) is 0 Å². The molecule has 2 aliphatic rings. The average molecular weight is 472 g/mol. The number of allylic oxidation sites excluding steroid dienone is 1. The van der Waals surface area contributed by atoms with E-state index in [4.69, 9.17) is 4.74 Å². The third-order valence-corrected chi connectivity index (χ3v) is 6.84. The maximum absolute atomic E-state index is 10.0. The number of fused-ring (bicyclic) bond motifs is 1. The first kappa shape index (κ1) is 24.9. The van der Waals surface area contributed by atoms with E-state index < -0.39 is 0 Å². The van der Waals surface area contributed by atoms with Gasteiger partial charge in [-0.1, -0.05) is 57.2 Å². The van der Waals surface area contributed by atoms with Gasteiger partial charge in [0.2, 0.25) is 0 Å². The van der Waals surface area contributed by atoms with Crippen LogP contribution in [-0.2, 0) is 6.42 Å². The minimum atomic E-state index is -0.290. The van der Waals surface area contributed by atoms with Crippen LogP contribution in [0.2, 0.25) is 0 Å². The van der Waals surface area contributed by atoms with E-state index in [1.165, 1.54) is 31.6 Å². The summed E-state index contributed by atoms with van der Waals surface area (Å²) in [5.41, 5.74) is 6.63. The van der Waals surface area contributed by atoms with Crippen molar-refractivity contribution in [3.05, 3.63) is 89.0 Å². The summed E-state index contributed by atoms with van der Waals surface area (Å²) in [6, 6.07) is 21.4. The van der Waals surface area contributed by atoms with Gasteiger partial charge in [-0.05, 0) is 78.8 Å². The predicted octanol–water partition coefficient (Wildman–Crippen LogP) is 7.07. The van der Waals surface area contributed by atoms with Gasteiger partial charge in [0.15, 0.2) is 0 Å². The van der Waals surface area contributed by atoms with Crippen molar-refractivity contribution in [2.24, 2.45) is 5.92 Å². The van der Waals surface area contributed by atoms with Crippen molar-refractivity contribution < 1.29 is 14.9 Å². The molecular formula is C31H37NO3. The summed E-state index contributed by atoms with van der Waals surface area (Å²) >= 11 is 0. The van der Waals surface area contributed by atoms with E-state index in [0.29, 0.717) is 5.75 Å². The molecule has 0 bridgehead atoms. The number of hydrogen-bond acceptors (Lipinski definition) is 4. The summed E-state index contributed by atoms with van der Waals surface area (Å²) in [4.78, 5) is 2.53. The van der Waals surface area contributed by atoms with Gasteiger partial charge < -0.3 is 19.8 Å². The highest BCUT2D eigenvalue weighted by molar-refractivity contribution is 5.95. The lowest BCUT2D eigenvalue weighted by Crippen LogP contribution is -2.47. The van der Waals surface area contributed by atoms with Gasteiger partial charge in [-0.3, -0.25) is 0 Å². The van der Waals surface area contributed by atoms with Gasteiger partial charge in [0, 0.05) is 30.3 Å². The lowest BCUT2D eigenvalue weighted by Gasteiger charge is -2.39. The summed E-state index contributed by atoms with van der Waals surface area (Å²) < 4.78 is 6.47. The van der Waals surface area contributed by atoms with Crippen molar-refractivity contribution in [2.45, 2.75) is 46.6 Å². The third-order valence-electron chi connectivity index (χ3n) is 6.84. The molecule has 0 amide bonds. The molecule has 1 saturated heterocycles. The molecule has 4 heteroatoms. The minimum absolute atomic E-state index is 0.196. The fourth-order valence-corrected chi connectivity index (χ4v) is 5.16. The molecule has 35 heavy (non-hydrogen) atoms. The number of nitrogens with zero attached hydrogens (tertiary/aromatic N) is 1. The lowest BCUT2D eigenvalue weighted by molar-refractivity contribution is 0.101. The molecule has 1 unspecified atom stereocenters. The molecule has 1 atom stereocenters. The topological polar surface area (TPSA) is 52.9 Å². The van der Waals surface area contributed by atoms with Crippen molar-refractivity contribution in [3.63, 3.8) is 0 Å². The molecular weight excluding hydrogens is 434 g/mol.